The third-order valence-electron chi connectivity index (χ3n) is 6.48. The molecule has 37 heavy (non-hydrogen) atoms. The zero-order chi connectivity index (χ0) is 26.4. The molecule has 1 amide bonds. The fourth-order valence-electron chi connectivity index (χ4n) is 4.42. The highest BCUT2D eigenvalue weighted by Crippen LogP contribution is 2.32. The van der Waals surface area contributed by atoms with Crippen LogP contribution in [0.4, 0.5) is 0 Å². The van der Waals surface area contributed by atoms with Gasteiger partial charge in [-0.05, 0) is 36.3 Å². The Kier molecular flexibility index (Phi) is 8.60. The van der Waals surface area contributed by atoms with Crippen molar-refractivity contribution in [1.82, 2.24) is 14.7 Å². The van der Waals surface area contributed by atoms with Gasteiger partial charge in [0.1, 0.15) is 0 Å². The fourth-order valence-corrected chi connectivity index (χ4v) is 4.42. The van der Waals surface area contributed by atoms with Crippen molar-refractivity contribution in [3.05, 3.63) is 99.2 Å². The summed E-state index contributed by atoms with van der Waals surface area (Å²) in [6, 6.07) is 16.9. The van der Waals surface area contributed by atoms with Crippen LogP contribution in [-0.2, 0) is 39.3 Å². The Bertz CT molecular complexity index is 1290. The number of nitrogens with zero attached hydrogens (tertiary/aromatic N) is 2. The normalized spacial score (nSPS) is 17.2. The molecule has 0 saturated heterocycles. The van der Waals surface area contributed by atoms with Gasteiger partial charge in [-0.1, -0.05) is 42.5 Å². The van der Waals surface area contributed by atoms with E-state index in [0.717, 1.165) is 22.5 Å². The lowest BCUT2D eigenvalue weighted by atomic mass is 9.93. The van der Waals surface area contributed by atoms with Gasteiger partial charge >= 0.3 is 0 Å². The molecule has 3 aromatic rings. The second kappa shape index (κ2) is 12.1. The maximum Gasteiger partial charge on any atom is 0.286 e. The summed E-state index contributed by atoms with van der Waals surface area (Å²) in [7, 11) is 3.41. The van der Waals surface area contributed by atoms with Gasteiger partial charge in [0.15, 0.2) is 5.76 Å². The third-order valence-corrected chi connectivity index (χ3v) is 6.48. The van der Waals surface area contributed by atoms with Crippen LogP contribution in [0, 0.1) is 6.92 Å². The molecule has 0 aliphatic carbocycles. The number of aliphatic hydroxyl groups excluding tert-OH is 1. The Morgan fingerprint density at radius 3 is 2.51 bits per heavy atom. The van der Waals surface area contributed by atoms with Gasteiger partial charge in [0.25, 0.3) is 11.5 Å². The van der Waals surface area contributed by atoms with Crippen molar-refractivity contribution < 1.29 is 24.1 Å². The maximum absolute atomic E-state index is 13.6. The number of aliphatic hydroxyl groups is 1. The van der Waals surface area contributed by atoms with Crippen LogP contribution in [0.15, 0.2) is 71.2 Å². The van der Waals surface area contributed by atoms with Gasteiger partial charge in [0, 0.05) is 44.3 Å². The van der Waals surface area contributed by atoms with E-state index in [1.807, 2.05) is 73.3 Å². The first-order valence-corrected chi connectivity index (χ1v) is 12.2. The maximum atomic E-state index is 13.6. The average molecular weight is 508 g/mol. The number of rotatable bonds is 10. The van der Waals surface area contributed by atoms with Crippen LogP contribution in [0.2, 0.25) is 0 Å². The highest BCUT2D eigenvalue weighted by atomic mass is 16.7. The average Bonchev–Trinajstić information content (AvgIpc) is 3.15. The van der Waals surface area contributed by atoms with E-state index in [-0.39, 0.29) is 36.4 Å². The van der Waals surface area contributed by atoms with Crippen molar-refractivity contribution >= 4 is 5.91 Å². The first kappa shape index (κ1) is 26.4. The van der Waals surface area contributed by atoms with Crippen LogP contribution in [0.1, 0.15) is 34.7 Å². The summed E-state index contributed by atoms with van der Waals surface area (Å²) in [4.78, 5) is 26.5. The van der Waals surface area contributed by atoms with Gasteiger partial charge in [-0.3, -0.25) is 14.3 Å². The number of para-hydroxylation sites is 1. The minimum Gasteiger partial charge on any atom is -0.459 e. The standard InChI is InChI=1S/C28H33N3O6/c1-19-26(28(34)31(30(19)2)23-7-5-4-6-8-23)22-15-24(27(33)29-13-14-35-3)37-25(16-22)36-18-21-11-9-20(17-32)10-12-21/h4-12,15,22,25,32H,13-14,16-18H2,1-3H3,(H,29,33). The molecule has 1 aromatic heterocycles. The molecular weight excluding hydrogens is 474 g/mol. The van der Waals surface area contributed by atoms with Gasteiger partial charge in [0.05, 0.1) is 25.5 Å². The lowest BCUT2D eigenvalue weighted by Gasteiger charge is -2.29. The van der Waals surface area contributed by atoms with E-state index in [4.69, 9.17) is 14.2 Å². The van der Waals surface area contributed by atoms with Gasteiger partial charge in [-0.2, -0.15) is 0 Å². The molecule has 0 saturated carbocycles. The number of aromatic nitrogens is 2. The molecule has 0 bridgehead atoms. The van der Waals surface area contributed by atoms with Crippen molar-refractivity contribution in [2.75, 3.05) is 20.3 Å². The van der Waals surface area contributed by atoms with Crippen LogP contribution in [-0.4, -0.2) is 46.9 Å². The number of ether oxygens (including phenoxy) is 3. The molecule has 2 atom stereocenters. The Balaban J connectivity index is 1.63. The van der Waals surface area contributed by atoms with Crippen LogP contribution in [0.25, 0.3) is 5.69 Å². The molecule has 2 heterocycles. The lowest BCUT2D eigenvalue weighted by molar-refractivity contribution is -0.150. The van der Waals surface area contributed by atoms with Gasteiger partial charge < -0.3 is 24.6 Å². The number of hydrogen-bond donors (Lipinski definition) is 2. The van der Waals surface area contributed by atoms with Crippen molar-refractivity contribution in [2.24, 2.45) is 7.05 Å². The number of methoxy groups -OCH3 is 1. The summed E-state index contributed by atoms with van der Waals surface area (Å²) >= 11 is 0. The second-order valence-corrected chi connectivity index (χ2v) is 8.93. The number of carbonyl (C=O) groups excluding carboxylic acids is 1. The van der Waals surface area contributed by atoms with Crippen molar-refractivity contribution in [1.29, 1.82) is 0 Å². The quantitative estimate of drug-likeness (QED) is 0.409. The van der Waals surface area contributed by atoms with Gasteiger partial charge in [0.2, 0.25) is 6.29 Å². The van der Waals surface area contributed by atoms with E-state index in [2.05, 4.69) is 5.32 Å². The van der Waals surface area contributed by atoms with Crippen molar-refractivity contribution in [2.45, 2.75) is 38.8 Å². The Labute approximate surface area is 215 Å². The smallest absolute Gasteiger partial charge is 0.286 e. The number of hydrogen-bond acceptors (Lipinski definition) is 6. The number of benzene rings is 2. The molecule has 2 unspecified atom stereocenters. The fraction of sp³-hybridized carbons (Fsp3) is 0.357. The predicted molar refractivity (Wildman–Crippen MR) is 138 cm³/mol. The molecule has 4 rings (SSSR count). The first-order valence-electron chi connectivity index (χ1n) is 12.2. The summed E-state index contributed by atoms with van der Waals surface area (Å²) in [6.45, 7) is 2.82. The van der Waals surface area contributed by atoms with E-state index in [1.54, 1.807) is 17.9 Å². The van der Waals surface area contributed by atoms with E-state index in [1.165, 1.54) is 0 Å². The number of amides is 1. The second-order valence-electron chi connectivity index (χ2n) is 8.93. The molecule has 2 N–H and O–H groups in total. The zero-order valence-corrected chi connectivity index (χ0v) is 21.3. The number of carbonyl (C=O) groups is 1. The van der Waals surface area contributed by atoms with E-state index < -0.39 is 6.29 Å². The number of allylic oxidation sites excluding steroid dienone is 1. The molecular formula is C28H33N3O6. The van der Waals surface area contributed by atoms with Crippen LogP contribution in [0.5, 0.6) is 0 Å². The lowest BCUT2D eigenvalue weighted by Crippen LogP contribution is -2.35. The molecule has 9 nitrogen and oxygen atoms in total. The summed E-state index contributed by atoms with van der Waals surface area (Å²) in [5.74, 6) is -0.663. The van der Waals surface area contributed by atoms with E-state index in [9.17, 15) is 14.7 Å². The van der Waals surface area contributed by atoms with E-state index >= 15 is 0 Å². The minimum atomic E-state index is -0.736. The van der Waals surface area contributed by atoms with Crippen LogP contribution in [0.3, 0.4) is 0 Å². The molecule has 1 aliphatic heterocycles. The third kappa shape index (κ3) is 6.02. The monoisotopic (exact) mass is 507 g/mol. The Morgan fingerprint density at radius 1 is 1.14 bits per heavy atom. The largest absolute Gasteiger partial charge is 0.459 e. The molecule has 9 heteroatoms. The molecule has 0 fully saturated rings. The molecule has 1 aliphatic rings. The molecule has 2 aromatic carbocycles. The van der Waals surface area contributed by atoms with Crippen LogP contribution < -0.4 is 10.9 Å². The topological polar surface area (TPSA) is 104 Å². The highest BCUT2D eigenvalue weighted by molar-refractivity contribution is 5.91. The summed E-state index contributed by atoms with van der Waals surface area (Å²) < 4.78 is 20.5. The zero-order valence-electron chi connectivity index (χ0n) is 21.3. The Hall–Kier alpha value is -3.66. The summed E-state index contributed by atoms with van der Waals surface area (Å²) in [5.41, 5.74) is 3.72. The summed E-state index contributed by atoms with van der Waals surface area (Å²) in [6.07, 6.45) is 1.34. The highest BCUT2D eigenvalue weighted by Gasteiger charge is 2.33. The SMILES string of the molecule is COCCNC(=O)C1=CC(c2c(C)n(C)n(-c3ccccc3)c2=O)CC(OCc2ccc(CO)cc2)O1. The van der Waals surface area contributed by atoms with Gasteiger partial charge in [-0.15, -0.1) is 0 Å². The molecule has 196 valence electrons. The minimum absolute atomic E-state index is 0.0299. The Morgan fingerprint density at radius 2 is 1.84 bits per heavy atom. The van der Waals surface area contributed by atoms with Gasteiger partial charge in [-0.25, -0.2) is 4.68 Å². The molecule has 0 spiro atoms. The first-order chi connectivity index (χ1) is 17.9. The molecule has 0 radical (unpaired) electrons. The number of nitrogens with one attached hydrogen (secondary N) is 1. The van der Waals surface area contributed by atoms with Crippen molar-refractivity contribution in [3.8, 4) is 5.69 Å². The van der Waals surface area contributed by atoms with Crippen molar-refractivity contribution in [3.63, 3.8) is 0 Å². The van der Waals surface area contributed by atoms with E-state index in [0.29, 0.717) is 25.1 Å². The summed E-state index contributed by atoms with van der Waals surface area (Å²) in [5, 5.41) is 12.0. The predicted octanol–water partition coefficient (Wildman–Crippen LogP) is 2.67. The van der Waals surface area contributed by atoms with Crippen LogP contribution >= 0.6 is 0 Å².